The van der Waals surface area contributed by atoms with Crippen molar-refractivity contribution < 1.29 is 9.84 Å². The van der Waals surface area contributed by atoms with Crippen molar-refractivity contribution in [1.29, 1.82) is 0 Å². The second-order valence-electron chi connectivity index (χ2n) is 6.27. The van der Waals surface area contributed by atoms with E-state index >= 15 is 0 Å². The number of nitrogens with two attached hydrogens (primary N) is 1. The van der Waals surface area contributed by atoms with E-state index in [0.717, 1.165) is 12.3 Å². The Hall–Kier alpha value is -0.860. The van der Waals surface area contributed by atoms with Crippen LogP contribution in [0.2, 0.25) is 0 Å². The summed E-state index contributed by atoms with van der Waals surface area (Å²) in [6.07, 6.45) is 1.89. The van der Waals surface area contributed by atoms with E-state index in [1.54, 1.807) is 0 Å². The maximum absolute atomic E-state index is 9.80. The molecule has 1 unspecified atom stereocenters. The second kappa shape index (κ2) is 10.1. The number of ether oxygens (including phenoxy) is 1. The van der Waals surface area contributed by atoms with Crippen LogP contribution in [0.5, 0.6) is 0 Å². The first-order valence-corrected chi connectivity index (χ1v) is 7.97. The molecular formula is C17H28IN3O2. The van der Waals surface area contributed by atoms with Gasteiger partial charge in [-0.2, -0.15) is 0 Å². The first-order chi connectivity index (χ1) is 10.5. The van der Waals surface area contributed by atoms with E-state index in [4.69, 9.17) is 10.5 Å². The summed E-state index contributed by atoms with van der Waals surface area (Å²) < 4.78 is 5.43. The summed E-state index contributed by atoms with van der Waals surface area (Å²) in [5, 5.41) is 12.9. The van der Waals surface area contributed by atoms with Gasteiger partial charge in [0.05, 0.1) is 19.3 Å². The number of hydrogen-bond acceptors (Lipinski definition) is 3. The molecule has 0 amide bonds. The van der Waals surface area contributed by atoms with Crippen molar-refractivity contribution >= 4 is 35.6 Å². The predicted octanol–water partition coefficient (Wildman–Crippen LogP) is 2.94. The fourth-order valence-corrected chi connectivity index (χ4v) is 2.07. The van der Waals surface area contributed by atoms with Crippen molar-refractivity contribution in [1.82, 2.24) is 0 Å². The van der Waals surface area contributed by atoms with Crippen LogP contribution in [0.15, 0.2) is 29.3 Å². The Morgan fingerprint density at radius 1 is 1.43 bits per heavy atom. The van der Waals surface area contributed by atoms with Crippen LogP contribution in [-0.2, 0) is 4.74 Å². The fourth-order valence-electron chi connectivity index (χ4n) is 2.07. The van der Waals surface area contributed by atoms with Crippen LogP contribution in [0.25, 0.3) is 0 Å². The highest BCUT2D eigenvalue weighted by molar-refractivity contribution is 14.0. The van der Waals surface area contributed by atoms with Gasteiger partial charge in [0.1, 0.15) is 0 Å². The molecule has 23 heavy (non-hydrogen) atoms. The second-order valence-corrected chi connectivity index (χ2v) is 6.27. The number of anilines is 1. The number of aliphatic imine (C=N–C) groups is 1. The molecular weight excluding hydrogens is 405 g/mol. The molecule has 0 saturated heterocycles. The molecule has 0 radical (unpaired) electrons. The molecule has 0 aliphatic heterocycles. The number of benzene rings is 1. The van der Waals surface area contributed by atoms with Crippen LogP contribution in [0, 0.1) is 5.92 Å². The van der Waals surface area contributed by atoms with Crippen LogP contribution in [0.4, 0.5) is 5.69 Å². The smallest absolute Gasteiger partial charge is 0.193 e. The molecule has 0 aromatic heterocycles. The van der Waals surface area contributed by atoms with E-state index in [-0.39, 0.29) is 30.5 Å². The Labute approximate surface area is 155 Å². The normalized spacial score (nSPS) is 16.1. The molecule has 1 aliphatic carbocycles. The third kappa shape index (κ3) is 7.99. The number of aliphatic hydroxyl groups excluding tert-OH is 1. The van der Waals surface area contributed by atoms with E-state index in [1.165, 1.54) is 18.4 Å². The fraction of sp³-hybridized carbons (Fsp3) is 0.588. The lowest BCUT2D eigenvalue weighted by Crippen LogP contribution is -2.26. The van der Waals surface area contributed by atoms with Crippen molar-refractivity contribution in [2.24, 2.45) is 16.6 Å². The van der Waals surface area contributed by atoms with Gasteiger partial charge in [-0.3, -0.25) is 4.99 Å². The maximum Gasteiger partial charge on any atom is 0.193 e. The summed E-state index contributed by atoms with van der Waals surface area (Å²) in [5.74, 6) is 1.48. The topological polar surface area (TPSA) is 79.9 Å². The molecule has 0 spiro atoms. The average molecular weight is 433 g/mol. The Kier molecular flexibility index (Phi) is 8.86. The van der Waals surface area contributed by atoms with E-state index in [2.05, 4.69) is 36.3 Å². The minimum atomic E-state index is -0.610. The van der Waals surface area contributed by atoms with Crippen LogP contribution in [0.1, 0.15) is 38.2 Å². The van der Waals surface area contributed by atoms with Crippen molar-refractivity contribution in [3.05, 3.63) is 29.8 Å². The van der Waals surface area contributed by atoms with Gasteiger partial charge < -0.3 is 20.9 Å². The Morgan fingerprint density at radius 2 is 2.17 bits per heavy atom. The lowest BCUT2D eigenvalue weighted by molar-refractivity contribution is 0.0369. The van der Waals surface area contributed by atoms with Crippen molar-refractivity contribution in [2.75, 3.05) is 25.1 Å². The lowest BCUT2D eigenvalue weighted by atomic mass is 10.0. The molecule has 1 aliphatic rings. The zero-order valence-corrected chi connectivity index (χ0v) is 16.2. The SMILES string of the molecule is CC(C)c1cccc(NC(N)=NCC(O)COCC2CC2)c1.I. The number of aliphatic hydroxyl groups is 1. The minimum absolute atomic E-state index is 0. The van der Waals surface area contributed by atoms with Crippen LogP contribution in [0.3, 0.4) is 0 Å². The third-order valence-electron chi connectivity index (χ3n) is 3.66. The highest BCUT2D eigenvalue weighted by atomic mass is 127. The van der Waals surface area contributed by atoms with Crippen molar-refractivity contribution in [2.45, 2.75) is 38.7 Å². The van der Waals surface area contributed by atoms with Gasteiger partial charge in [0.2, 0.25) is 0 Å². The molecule has 130 valence electrons. The molecule has 1 atom stereocenters. The number of nitrogens with zero attached hydrogens (tertiary/aromatic N) is 1. The number of halogens is 1. The van der Waals surface area contributed by atoms with Gasteiger partial charge in [0, 0.05) is 12.3 Å². The number of hydrogen-bond donors (Lipinski definition) is 3. The summed E-state index contributed by atoms with van der Waals surface area (Å²) in [4.78, 5) is 4.16. The van der Waals surface area contributed by atoms with Gasteiger partial charge in [0.15, 0.2) is 5.96 Å². The van der Waals surface area contributed by atoms with Gasteiger partial charge in [-0.25, -0.2) is 0 Å². The largest absolute Gasteiger partial charge is 0.389 e. The van der Waals surface area contributed by atoms with Gasteiger partial charge in [-0.15, -0.1) is 24.0 Å². The molecule has 5 nitrogen and oxygen atoms in total. The van der Waals surface area contributed by atoms with Crippen LogP contribution < -0.4 is 11.1 Å². The Balaban J connectivity index is 0.00000264. The van der Waals surface area contributed by atoms with Gasteiger partial charge in [0.25, 0.3) is 0 Å². The first-order valence-electron chi connectivity index (χ1n) is 7.97. The molecule has 0 bridgehead atoms. The van der Waals surface area contributed by atoms with E-state index in [0.29, 0.717) is 24.4 Å². The summed E-state index contributed by atoms with van der Waals surface area (Å²) in [6, 6.07) is 8.08. The van der Waals surface area contributed by atoms with Gasteiger partial charge in [-0.1, -0.05) is 26.0 Å². The highest BCUT2D eigenvalue weighted by Crippen LogP contribution is 2.28. The number of nitrogens with one attached hydrogen (secondary N) is 1. The van der Waals surface area contributed by atoms with Crippen molar-refractivity contribution in [3.8, 4) is 0 Å². The molecule has 0 heterocycles. The Bertz CT molecular complexity index is 504. The van der Waals surface area contributed by atoms with E-state index in [1.807, 2.05) is 12.1 Å². The Morgan fingerprint density at radius 3 is 2.83 bits per heavy atom. The maximum atomic E-state index is 9.80. The molecule has 1 saturated carbocycles. The average Bonchev–Trinajstić information content (AvgIpc) is 3.29. The first kappa shape index (κ1) is 20.2. The number of guanidine groups is 1. The molecule has 6 heteroatoms. The van der Waals surface area contributed by atoms with Crippen LogP contribution in [-0.4, -0.2) is 36.9 Å². The van der Waals surface area contributed by atoms with E-state index in [9.17, 15) is 5.11 Å². The molecule has 2 rings (SSSR count). The quantitative estimate of drug-likeness (QED) is 0.335. The summed E-state index contributed by atoms with van der Waals surface area (Å²) in [5.41, 5.74) is 8.01. The van der Waals surface area contributed by atoms with Gasteiger partial charge in [-0.05, 0) is 42.4 Å². The highest BCUT2D eigenvalue weighted by Gasteiger charge is 2.21. The monoisotopic (exact) mass is 433 g/mol. The minimum Gasteiger partial charge on any atom is -0.389 e. The molecule has 1 aromatic carbocycles. The summed E-state index contributed by atoms with van der Waals surface area (Å²) in [6.45, 7) is 5.60. The standard InChI is InChI=1S/C17H27N3O2.HI/c1-12(2)14-4-3-5-15(8-14)20-17(18)19-9-16(21)11-22-10-13-6-7-13;/h3-5,8,12-13,16,21H,6-7,9-11H2,1-2H3,(H3,18,19,20);1H. The predicted molar refractivity (Wildman–Crippen MR) is 106 cm³/mol. The molecule has 4 N–H and O–H groups in total. The molecule has 1 aromatic rings. The third-order valence-corrected chi connectivity index (χ3v) is 3.66. The summed E-state index contributed by atoms with van der Waals surface area (Å²) in [7, 11) is 0. The zero-order chi connectivity index (χ0) is 15.9. The molecule has 1 fully saturated rings. The summed E-state index contributed by atoms with van der Waals surface area (Å²) >= 11 is 0. The van der Waals surface area contributed by atoms with Gasteiger partial charge >= 0.3 is 0 Å². The zero-order valence-electron chi connectivity index (χ0n) is 13.9. The number of rotatable bonds is 8. The van der Waals surface area contributed by atoms with Crippen molar-refractivity contribution in [3.63, 3.8) is 0 Å². The van der Waals surface area contributed by atoms with Crippen LogP contribution >= 0.6 is 24.0 Å². The lowest BCUT2D eigenvalue weighted by Gasteiger charge is -2.11. The van der Waals surface area contributed by atoms with E-state index < -0.39 is 6.10 Å².